The van der Waals surface area contributed by atoms with Crippen LogP contribution in [0.4, 0.5) is 5.69 Å². The number of anilines is 1. The van der Waals surface area contributed by atoms with Crippen LogP contribution in [0, 0.1) is 13.8 Å². The SMILES string of the molecule is Cc1cccc(N2CCN(S(=O)(=O)c3ccc(-c4ccccc4)cc3)CC2)c1C. The van der Waals surface area contributed by atoms with Crippen LogP contribution in [0.25, 0.3) is 11.1 Å². The molecule has 0 unspecified atom stereocenters. The Morgan fingerprint density at radius 3 is 1.97 bits per heavy atom. The fourth-order valence-corrected chi connectivity index (χ4v) is 5.27. The molecule has 1 aliphatic rings. The van der Waals surface area contributed by atoms with Crippen molar-refractivity contribution in [1.82, 2.24) is 4.31 Å². The van der Waals surface area contributed by atoms with Gasteiger partial charge in [0.05, 0.1) is 4.90 Å². The summed E-state index contributed by atoms with van der Waals surface area (Å²) in [7, 11) is -3.48. The Kier molecular flexibility index (Phi) is 5.43. The molecule has 150 valence electrons. The first-order valence-corrected chi connectivity index (χ1v) is 11.4. The molecule has 3 aromatic rings. The van der Waals surface area contributed by atoms with E-state index < -0.39 is 10.0 Å². The van der Waals surface area contributed by atoms with E-state index in [2.05, 4.69) is 36.9 Å². The quantitative estimate of drug-likeness (QED) is 0.641. The minimum absolute atomic E-state index is 0.359. The molecule has 0 amide bonds. The van der Waals surface area contributed by atoms with Crippen LogP contribution in [0.15, 0.2) is 77.7 Å². The lowest BCUT2D eigenvalue weighted by Gasteiger charge is -2.36. The molecular formula is C24H26N2O2S. The minimum Gasteiger partial charge on any atom is -0.369 e. The Hall–Kier alpha value is -2.63. The van der Waals surface area contributed by atoms with E-state index in [4.69, 9.17) is 0 Å². The molecule has 0 bridgehead atoms. The maximum atomic E-state index is 13.1. The van der Waals surface area contributed by atoms with E-state index in [9.17, 15) is 8.42 Å². The zero-order valence-electron chi connectivity index (χ0n) is 16.9. The highest BCUT2D eigenvalue weighted by Crippen LogP contribution is 2.27. The normalized spacial score (nSPS) is 15.4. The summed E-state index contributed by atoms with van der Waals surface area (Å²) in [5.41, 5.74) is 5.83. The number of nitrogens with zero attached hydrogens (tertiary/aromatic N) is 2. The predicted octanol–water partition coefficient (Wildman–Crippen LogP) is 4.48. The Morgan fingerprint density at radius 1 is 0.690 bits per heavy atom. The van der Waals surface area contributed by atoms with Crippen LogP contribution in [0.5, 0.6) is 0 Å². The lowest BCUT2D eigenvalue weighted by atomic mass is 10.1. The highest BCUT2D eigenvalue weighted by atomic mass is 32.2. The summed E-state index contributed by atoms with van der Waals surface area (Å²) in [5.74, 6) is 0. The van der Waals surface area contributed by atoms with Gasteiger partial charge < -0.3 is 4.90 Å². The van der Waals surface area contributed by atoms with Gasteiger partial charge in [-0.2, -0.15) is 4.31 Å². The Bertz CT molecular complexity index is 1090. The van der Waals surface area contributed by atoms with Gasteiger partial charge in [0.1, 0.15) is 0 Å². The third-order valence-electron chi connectivity index (χ3n) is 5.75. The molecule has 5 heteroatoms. The van der Waals surface area contributed by atoms with Gasteiger partial charge in [0.15, 0.2) is 0 Å². The van der Waals surface area contributed by atoms with Gasteiger partial charge in [0.25, 0.3) is 0 Å². The first-order valence-electron chi connectivity index (χ1n) is 9.93. The van der Waals surface area contributed by atoms with E-state index in [1.807, 2.05) is 42.5 Å². The molecule has 3 aromatic carbocycles. The standard InChI is InChI=1S/C24H26N2O2S/c1-19-7-6-10-24(20(19)2)25-15-17-26(18-16-25)29(27,28)23-13-11-22(12-14-23)21-8-4-3-5-9-21/h3-14H,15-18H2,1-2H3. The van der Waals surface area contributed by atoms with Gasteiger partial charge in [-0.05, 0) is 54.3 Å². The molecule has 0 atom stereocenters. The summed E-state index contributed by atoms with van der Waals surface area (Å²) in [5, 5.41) is 0. The summed E-state index contributed by atoms with van der Waals surface area (Å²) >= 11 is 0. The number of hydrogen-bond acceptors (Lipinski definition) is 3. The van der Waals surface area contributed by atoms with E-state index in [0.29, 0.717) is 31.1 Å². The minimum atomic E-state index is -3.48. The van der Waals surface area contributed by atoms with Crippen molar-refractivity contribution in [2.45, 2.75) is 18.7 Å². The molecule has 4 rings (SSSR count). The maximum Gasteiger partial charge on any atom is 0.243 e. The molecule has 0 radical (unpaired) electrons. The van der Waals surface area contributed by atoms with Gasteiger partial charge in [-0.25, -0.2) is 8.42 Å². The average molecular weight is 407 g/mol. The van der Waals surface area contributed by atoms with Crippen LogP contribution in [0.3, 0.4) is 0 Å². The van der Waals surface area contributed by atoms with Gasteiger partial charge in [-0.1, -0.05) is 54.6 Å². The van der Waals surface area contributed by atoms with Gasteiger partial charge in [0.2, 0.25) is 10.0 Å². The van der Waals surface area contributed by atoms with Crippen molar-refractivity contribution in [3.8, 4) is 11.1 Å². The Morgan fingerprint density at radius 2 is 1.31 bits per heavy atom. The van der Waals surface area contributed by atoms with Crippen molar-refractivity contribution in [2.24, 2.45) is 0 Å². The fourth-order valence-electron chi connectivity index (χ4n) is 3.85. The van der Waals surface area contributed by atoms with Crippen LogP contribution in [-0.2, 0) is 10.0 Å². The van der Waals surface area contributed by atoms with E-state index >= 15 is 0 Å². The fraction of sp³-hybridized carbons (Fsp3) is 0.250. The first kappa shape index (κ1) is 19.7. The molecule has 0 N–H and O–H groups in total. The highest BCUT2D eigenvalue weighted by molar-refractivity contribution is 7.89. The highest BCUT2D eigenvalue weighted by Gasteiger charge is 2.29. The second kappa shape index (κ2) is 8.01. The Balaban J connectivity index is 1.48. The molecule has 4 nitrogen and oxygen atoms in total. The lowest BCUT2D eigenvalue weighted by molar-refractivity contribution is 0.384. The Labute approximate surface area is 173 Å². The van der Waals surface area contributed by atoms with Crippen LogP contribution < -0.4 is 4.90 Å². The average Bonchev–Trinajstić information content (AvgIpc) is 2.76. The molecule has 1 fully saturated rings. The zero-order chi connectivity index (χ0) is 20.4. The van der Waals surface area contributed by atoms with E-state index in [-0.39, 0.29) is 0 Å². The second-order valence-corrected chi connectivity index (χ2v) is 9.44. The van der Waals surface area contributed by atoms with Crippen molar-refractivity contribution in [3.63, 3.8) is 0 Å². The molecule has 0 spiro atoms. The van der Waals surface area contributed by atoms with E-state index in [1.165, 1.54) is 16.8 Å². The molecule has 0 aromatic heterocycles. The third-order valence-corrected chi connectivity index (χ3v) is 7.67. The summed E-state index contributed by atoms with van der Waals surface area (Å²) in [6.07, 6.45) is 0. The number of piperazine rings is 1. The van der Waals surface area contributed by atoms with Crippen molar-refractivity contribution in [3.05, 3.63) is 83.9 Å². The maximum absolute atomic E-state index is 13.1. The molecule has 0 aliphatic carbocycles. The molecule has 29 heavy (non-hydrogen) atoms. The number of hydrogen-bond donors (Lipinski definition) is 0. The van der Waals surface area contributed by atoms with Crippen molar-refractivity contribution in [2.75, 3.05) is 31.1 Å². The predicted molar refractivity (Wildman–Crippen MR) is 119 cm³/mol. The zero-order valence-corrected chi connectivity index (χ0v) is 17.7. The van der Waals surface area contributed by atoms with Gasteiger partial charge in [0, 0.05) is 31.9 Å². The summed E-state index contributed by atoms with van der Waals surface area (Å²) in [4.78, 5) is 2.64. The number of benzene rings is 3. The molecule has 1 saturated heterocycles. The molecule has 0 saturated carbocycles. The van der Waals surface area contributed by atoms with Crippen LogP contribution in [0.1, 0.15) is 11.1 Å². The van der Waals surface area contributed by atoms with Crippen molar-refractivity contribution < 1.29 is 8.42 Å². The first-order chi connectivity index (χ1) is 14.0. The molecular weight excluding hydrogens is 380 g/mol. The van der Waals surface area contributed by atoms with Crippen LogP contribution in [0.2, 0.25) is 0 Å². The van der Waals surface area contributed by atoms with Crippen LogP contribution in [-0.4, -0.2) is 38.9 Å². The molecule has 1 aliphatic heterocycles. The van der Waals surface area contributed by atoms with Gasteiger partial charge in [-0.3, -0.25) is 0 Å². The van der Waals surface area contributed by atoms with Crippen molar-refractivity contribution in [1.29, 1.82) is 0 Å². The van der Waals surface area contributed by atoms with Crippen LogP contribution >= 0.6 is 0 Å². The van der Waals surface area contributed by atoms with Gasteiger partial charge >= 0.3 is 0 Å². The van der Waals surface area contributed by atoms with Crippen molar-refractivity contribution >= 4 is 15.7 Å². The third kappa shape index (κ3) is 3.93. The number of sulfonamides is 1. The lowest BCUT2D eigenvalue weighted by Crippen LogP contribution is -2.48. The summed E-state index contributed by atoms with van der Waals surface area (Å²) < 4.78 is 27.8. The topological polar surface area (TPSA) is 40.6 Å². The number of aryl methyl sites for hydroxylation is 1. The molecule has 1 heterocycles. The van der Waals surface area contributed by atoms with E-state index in [1.54, 1.807) is 16.4 Å². The second-order valence-electron chi connectivity index (χ2n) is 7.50. The monoisotopic (exact) mass is 406 g/mol. The summed E-state index contributed by atoms with van der Waals surface area (Å²) in [6.45, 7) is 6.63. The van der Waals surface area contributed by atoms with E-state index in [0.717, 1.165) is 11.1 Å². The number of rotatable bonds is 4. The largest absolute Gasteiger partial charge is 0.369 e. The van der Waals surface area contributed by atoms with Gasteiger partial charge in [-0.15, -0.1) is 0 Å². The smallest absolute Gasteiger partial charge is 0.243 e. The summed E-state index contributed by atoms with van der Waals surface area (Å²) in [6, 6.07) is 23.5.